The summed E-state index contributed by atoms with van der Waals surface area (Å²) in [4.78, 5) is 23.0. The summed E-state index contributed by atoms with van der Waals surface area (Å²) >= 11 is 0. The van der Waals surface area contributed by atoms with Gasteiger partial charge in [-0.05, 0) is 74.4 Å². The van der Waals surface area contributed by atoms with Crippen LogP contribution in [0.2, 0.25) is 0 Å². The fraction of sp³-hybridized carbons (Fsp3) is 0.500. The molecule has 7 heteroatoms. The molecule has 0 spiro atoms. The van der Waals surface area contributed by atoms with Gasteiger partial charge < -0.3 is 18.8 Å². The molecular weight excluding hydrogens is 490 g/mol. The molecule has 0 radical (unpaired) electrons. The third-order valence-corrected chi connectivity index (χ3v) is 8.29. The quantitative estimate of drug-likeness (QED) is 0.342. The van der Waals surface area contributed by atoms with Crippen LogP contribution in [0.3, 0.4) is 0 Å². The van der Waals surface area contributed by atoms with Crippen LogP contribution >= 0.6 is 0 Å². The number of carbonyl (C=O) groups is 2. The normalized spacial score (nSPS) is 16.7. The van der Waals surface area contributed by atoms with E-state index in [1.165, 1.54) is 55.5 Å². The van der Waals surface area contributed by atoms with E-state index in [0.717, 1.165) is 31.0 Å². The van der Waals surface area contributed by atoms with E-state index in [0.29, 0.717) is 11.3 Å². The smallest absolute Gasteiger partial charge is 0.223 e. The summed E-state index contributed by atoms with van der Waals surface area (Å²) in [5, 5.41) is 4.06. The van der Waals surface area contributed by atoms with Crippen LogP contribution in [-0.4, -0.2) is 48.8 Å². The molecule has 0 N–H and O–H groups in total. The van der Waals surface area contributed by atoms with Crippen molar-refractivity contribution in [3.05, 3.63) is 76.9 Å². The van der Waals surface area contributed by atoms with Crippen LogP contribution in [-0.2, 0) is 21.5 Å². The predicted molar refractivity (Wildman–Crippen MR) is 155 cm³/mol. The average Bonchev–Trinajstić information content (AvgIpc) is 3.70. The van der Waals surface area contributed by atoms with Crippen LogP contribution in [0.25, 0.3) is 0 Å². The molecule has 2 aliphatic rings. The van der Waals surface area contributed by atoms with Gasteiger partial charge in [0.05, 0.1) is 12.5 Å². The lowest BCUT2D eigenvalue weighted by atomic mass is 9.74. The van der Waals surface area contributed by atoms with Crippen molar-refractivity contribution in [1.29, 1.82) is 0 Å². The highest BCUT2D eigenvalue weighted by molar-refractivity contribution is 5.40. The van der Waals surface area contributed by atoms with Crippen LogP contribution < -0.4 is 4.74 Å². The minimum absolute atomic E-state index is 0.0332. The van der Waals surface area contributed by atoms with E-state index in [-0.39, 0.29) is 5.41 Å². The predicted octanol–water partition coefficient (Wildman–Crippen LogP) is 6.49. The number of piperidine rings is 1. The van der Waals surface area contributed by atoms with Crippen molar-refractivity contribution in [2.75, 3.05) is 20.2 Å². The molecule has 5 rings (SSSR count). The molecule has 1 saturated carbocycles. The van der Waals surface area contributed by atoms with E-state index < -0.39 is 0 Å². The second kappa shape index (κ2) is 15.3. The van der Waals surface area contributed by atoms with Gasteiger partial charge in [-0.15, -0.1) is 0 Å². The zero-order chi connectivity index (χ0) is 28.9. The first-order chi connectivity index (χ1) is 18.9. The lowest BCUT2D eigenvalue weighted by Crippen LogP contribution is -2.39. The third-order valence-electron chi connectivity index (χ3n) is 8.29. The Bertz CT molecular complexity index is 1090. The Balaban J connectivity index is 0.000000245. The summed E-state index contributed by atoms with van der Waals surface area (Å²) in [6.45, 7) is 16.2. The van der Waals surface area contributed by atoms with E-state index in [1.807, 2.05) is 20.5 Å². The van der Waals surface area contributed by atoms with E-state index in [9.17, 15) is 0 Å². The number of aromatic nitrogens is 2. The van der Waals surface area contributed by atoms with Crippen molar-refractivity contribution in [2.24, 2.45) is 5.41 Å². The minimum Gasteiger partial charge on any atom is -0.497 e. The molecule has 212 valence electrons. The standard InChI is InChI=1S/C17H27NO.C13H14N2O.2CH2O/c1-4-17(5-2)10-12-18(13-11-17)14-15-6-8-16(19-3)9-7-15;1-9-3-5-11(6-4-9)13(7-8-13)12-14-10(2)16-15-12;2*1-2/h6-9H,4-5,10-14H2,1-3H3;3-6H,7-8H2,1-2H3;2*1H2. The Morgan fingerprint density at radius 3 is 1.87 bits per heavy atom. The van der Waals surface area contributed by atoms with Gasteiger partial charge in [0.25, 0.3) is 0 Å². The molecular formula is C32H45N3O4. The molecule has 1 aliphatic heterocycles. The van der Waals surface area contributed by atoms with Crippen LogP contribution in [0.4, 0.5) is 0 Å². The van der Waals surface area contributed by atoms with Crippen LogP contribution in [0, 0.1) is 19.3 Å². The molecule has 0 bridgehead atoms. The molecule has 2 aromatic carbocycles. The second-order valence-electron chi connectivity index (χ2n) is 10.4. The Morgan fingerprint density at radius 2 is 1.44 bits per heavy atom. The van der Waals surface area contributed by atoms with Gasteiger partial charge >= 0.3 is 0 Å². The molecule has 39 heavy (non-hydrogen) atoms. The molecule has 0 atom stereocenters. The fourth-order valence-corrected chi connectivity index (χ4v) is 5.26. The zero-order valence-corrected chi connectivity index (χ0v) is 24.4. The van der Waals surface area contributed by atoms with Gasteiger partial charge in [-0.1, -0.05) is 73.8 Å². The summed E-state index contributed by atoms with van der Waals surface area (Å²) in [6.07, 6.45) is 7.62. The number of carbonyl (C=O) groups excluding carboxylic acids is 2. The molecule has 2 fully saturated rings. The first-order valence-electron chi connectivity index (χ1n) is 13.7. The van der Waals surface area contributed by atoms with Crippen LogP contribution in [0.1, 0.15) is 80.8 Å². The SMILES string of the molecule is C=O.C=O.CCC1(CC)CCN(Cc2ccc(OC)cc2)CC1.Cc1ccc(C2(c3noc(C)n3)CC2)cc1. The second-order valence-corrected chi connectivity index (χ2v) is 10.4. The topological polar surface area (TPSA) is 85.5 Å². The Labute approximate surface area is 234 Å². The van der Waals surface area contributed by atoms with Gasteiger partial charge in [0.2, 0.25) is 5.89 Å². The molecule has 2 heterocycles. The number of rotatable bonds is 7. The number of likely N-dealkylation sites (tertiary alicyclic amines) is 1. The Kier molecular flexibility index (Phi) is 12.5. The summed E-state index contributed by atoms with van der Waals surface area (Å²) in [5.74, 6) is 2.43. The highest BCUT2D eigenvalue weighted by Crippen LogP contribution is 2.52. The van der Waals surface area contributed by atoms with E-state index in [1.54, 1.807) is 7.11 Å². The van der Waals surface area contributed by atoms with Gasteiger partial charge in [0.1, 0.15) is 19.3 Å². The monoisotopic (exact) mass is 535 g/mol. The largest absolute Gasteiger partial charge is 0.497 e. The first kappa shape index (κ1) is 31.9. The summed E-state index contributed by atoms with van der Waals surface area (Å²) in [7, 11) is 1.72. The van der Waals surface area contributed by atoms with E-state index in [4.69, 9.17) is 18.8 Å². The van der Waals surface area contributed by atoms with Crippen molar-refractivity contribution in [3.63, 3.8) is 0 Å². The molecule has 0 amide bonds. The Hall–Kier alpha value is -3.32. The van der Waals surface area contributed by atoms with Crippen LogP contribution in [0.15, 0.2) is 53.1 Å². The fourth-order valence-electron chi connectivity index (χ4n) is 5.26. The molecule has 1 saturated heterocycles. The van der Waals surface area contributed by atoms with Crippen molar-refractivity contribution in [3.8, 4) is 5.75 Å². The number of aryl methyl sites for hydroxylation is 2. The number of ether oxygens (including phenoxy) is 1. The number of hydrogen-bond donors (Lipinski definition) is 0. The maximum atomic E-state index is 8.00. The zero-order valence-electron chi connectivity index (χ0n) is 24.4. The van der Waals surface area contributed by atoms with Crippen molar-refractivity contribution in [2.45, 2.75) is 78.2 Å². The summed E-state index contributed by atoms with van der Waals surface area (Å²) < 4.78 is 10.3. The van der Waals surface area contributed by atoms with E-state index >= 15 is 0 Å². The highest BCUT2D eigenvalue weighted by atomic mass is 16.5. The number of hydrogen-bond acceptors (Lipinski definition) is 7. The summed E-state index contributed by atoms with van der Waals surface area (Å²) in [5.41, 5.74) is 4.63. The lowest BCUT2D eigenvalue weighted by Gasteiger charge is -2.41. The third kappa shape index (κ3) is 8.33. The molecule has 1 aromatic heterocycles. The molecule has 0 unspecified atom stereocenters. The van der Waals surface area contributed by atoms with Crippen molar-refractivity contribution in [1.82, 2.24) is 15.0 Å². The maximum absolute atomic E-state index is 8.00. The van der Waals surface area contributed by atoms with Crippen molar-refractivity contribution >= 4 is 13.6 Å². The lowest BCUT2D eigenvalue weighted by molar-refractivity contribution is -0.0987. The van der Waals surface area contributed by atoms with Gasteiger partial charge in [-0.3, -0.25) is 4.90 Å². The van der Waals surface area contributed by atoms with Gasteiger partial charge in [0, 0.05) is 13.5 Å². The highest BCUT2D eigenvalue weighted by Gasteiger charge is 2.49. The number of benzene rings is 2. The van der Waals surface area contributed by atoms with Crippen LogP contribution in [0.5, 0.6) is 5.75 Å². The first-order valence-corrected chi connectivity index (χ1v) is 13.7. The van der Waals surface area contributed by atoms with Gasteiger partial charge in [0.15, 0.2) is 5.82 Å². The van der Waals surface area contributed by atoms with Gasteiger partial charge in [-0.2, -0.15) is 4.98 Å². The van der Waals surface area contributed by atoms with E-state index in [2.05, 4.69) is 84.3 Å². The van der Waals surface area contributed by atoms with Gasteiger partial charge in [-0.25, -0.2) is 0 Å². The molecule has 3 aromatic rings. The molecule has 1 aliphatic carbocycles. The Morgan fingerprint density at radius 1 is 0.872 bits per heavy atom. The average molecular weight is 536 g/mol. The minimum atomic E-state index is 0.0332. The summed E-state index contributed by atoms with van der Waals surface area (Å²) in [6, 6.07) is 17.1. The van der Waals surface area contributed by atoms with Crippen molar-refractivity contribution < 1.29 is 18.8 Å². The maximum Gasteiger partial charge on any atom is 0.223 e. The molecule has 7 nitrogen and oxygen atoms in total. The number of nitrogens with zero attached hydrogens (tertiary/aromatic N) is 3. The number of methoxy groups -OCH3 is 1.